The van der Waals surface area contributed by atoms with Crippen molar-refractivity contribution in [1.82, 2.24) is 20.1 Å². The van der Waals surface area contributed by atoms with Gasteiger partial charge < -0.3 is 19.9 Å². The largest absolute Gasteiger partial charge is 0.416 e. The first-order chi connectivity index (χ1) is 18.9. The van der Waals surface area contributed by atoms with Crippen molar-refractivity contribution >= 4 is 35.1 Å². The molecular formula is C27H29ClF6N4O3. The second kappa shape index (κ2) is 13.1. The number of fused-ring (bicyclic) bond motifs is 1. The molecule has 0 radical (unpaired) electrons. The van der Waals surface area contributed by atoms with Crippen molar-refractivity contribution in [2.75, 3.05) is 46.4 Å². The fraction of sp³-hybridized carbons (Fsp3) is 0.407. The average molecular weight is 607 g/mol. The van der Waals surface area contributed by atoms with Crippen LogP contribution in [0, 0.1) is 0 Å². The second-order valence-corrected chi connectivity index (χ2v) is 9.59. The number of aromatic nitrogens is 1. The van der Waals surface area contributed by atoms with Crippen LogP contribution in [0.2, 0.25) is 0 Å². The summed E-state index contributed by atoms with van der Waals surface area (Å²) in [4.78, 5) is 32.2. The number of nitrogens with zero attached hydrogens (tertiary/aromatic N) is 2. The van der Waals surface area contributed by atoms with Crippen molar-refractivity contribution in [3.63, 3.8) is 0 Å². The first kappa shape index (κ1) is 32.2. The Kier molecular flexibility index (Phi) is 10.3. The molecule has 0 spiro atoms. The summed E-state index contributed by atoms with van der Waals surface area (Å²) in [5.74, 6) is -1.21. The van der Waals surface area contributed by atoms with Crippen LogP contribution in [-0.4, -0.2) is 79.1 Å². The standard InChI is InChI=1S/C27H28F6N4O3.ClH/c1-40-9-6-34-24(38)16-36-7-8-37(21(15-36)12-18-14-35-23-5-3-2-4-22(18)23)25(39)17-10-19(26(28,29)30)13-20(11-17)27(31,32)33;/h2-5,10-11,13-14,21,35H,6-9,12,15-16H2,1H3,(H,34,38);1H. The molecule has 1 aromatic heterocycles. The zero-order chi connectivity index (χ0) is 29.1. The molecule has 7 nitrogen and oxygen atoms in total. The number of halogens is 7. The zero-order valence-corrected chi connectivity index (χ0v) is 22.8. The highest BCUT2D eigenvalue weighted by atomic mass is 35.5. The van der Waals surface area contributed by atoms with Crippen molar-refractivity contribution < 1.29 is 40.7 Å². The maximum Gasteiger partial charge on any atom is 0.416 e. The Balaban J connectivity index is 0.00000462. The Bertz CT molecular complexity index is 1330. The summed E-state index contributed by atoms with van der Waals surface area (Å²) in [5, 5.41) is 3.59. The number of carbonyl (C=O) groups excluding carboxylic acids is 2. The Hall–Kier alpha value is -3.29. The third kappa shape index (κ3) is 7.92. The molecule has 4 rings (SSSR count). The SMILES string of the molecule is COCCNC(=O)CN1CCN(C(=O)c2cc(C(F)(F)F)cc(C(F)(F)F)c2)C(Cc2c[nH]c3ccccc23)C1.Cl. The summed E-state index contributed by atoms with van der Waals surface area (Å²) < 4.78 is 85.6. The number of aromatic amines is 1. The predicted octanol–water partition coefficient (Wildman–Crippen LogP) is 4.76. The highest BCUT2D eigenvalue weighted by Gasteiger charge is 2.39. The summed E-state index contributed by atoms with van der Waals surface area (Å²) in [6.07, 6.45) is -8.12. The molecule has 2 aromatic carbocycles. The molecule has 41 heavy (non-hydrogen) atoms. The van der Waals surface area contributed by atoms with Gasteiger partial charge in [-0.15, -0.1) is 12.4 Å². The van der Waals surface area contributed by atoms with Crippen molar-refractivity contribution in [2.24, 2.45) is 0 Å². The fourth-order valence-electron chi connectivity index (χ4n) is 4.86. The van der Waals surface area contributed by atoms with E-state index in [0.717, 1.165) is 16.5 Å². The van der Waals surface area contributed by atoms with Gasteiger partial charge in [0.05, 0.1) is 24.3 Å². The van der Waals surface area contributed by atoms with Gasteiger partial charge in [0.25, 0.3) is 5.91 Å². The number of piperazine rings is 1. The van der Waals surface area contributed by atoms with Gasteiger partial charge in [-0.2, -0.15) is 26.3 Å². The lowest BCUT2D eigenvalue weighted by Crippen LogP contribution is -2.57. The van der Waals surface area contributed by atoms with E-state index < -0.39 is 41.0 Å². The van der Waals surface area contributed by atoms with Gasteiger partial charge >= 0.3 is 12.4 Å². The van der Waals surface area contributed by atoms with Crippen LogP contribution in [0.15, 0.2) is 48.7 Å². The van der Waals surface area contributed by atoms with Crippen LogP contribution in [-0.2, 0) is 28.3 Å². The molecule has 14 heteroatoms. The molecule has 1 aliphatic rings. The van der Waals surface area contributed by atoms with Crippen LogP contribution in [0.4, 0.5) is 26.3 Å². The quantitative estimate of drug-likeness (QED) is 0.286. The van der Waals surface area contributed by atoms with Gasteiger partial charge in [0.15, 0.2) is 0 Å². The van der Waals surface area contributed by atoms with Crippen molar-refractivity contribution in [3.8, 4) is 0 Å². The number of nitrogens with one attached hydrogen (secondary N) is 2. The van der Waals surface area contributed by atoms with Crippen LogP contribution >= 0.6 is 12.4 Å². The Morgan fingerprint density at radius 3 is 2.32 bits per heavy atom. The molecule has 1 aliphatic heterocycles. The third-order valence-electron chi connectivity index (χ3n) is 6.79. The van der Waals surface area contributed by atoms with Crippen LogP contribution < -0.4 is 5.32 Å². The van der Waals surface area contributed by atoms with E-state index in [1.165, 1.54) is 12.0 Å². The number of para-hydroxylation sites is 1. The normalized spacial score (nSPS) is 16.5. The molecule has 1 saturated heterocycles. The molecule has 0 aliphatic carbocycles. The molecule has 2 amide bonds. The Morgan fingerprint density at radius 1 is 1.02 bits per heavy atom. The molecule has 3 aromatic rings. The number of carbonyl (C=O) groups is 2. The minimum atomic E-state index is -5.07. The number of benzene rings is 2. The van der Waals surface area contributed by atoms with Gasteiger partial charge in [-0.25, -0.2) is 0 Å². The molecule has 0 bridgehead atoms. The van der Waals surface area contributed by atoms with E-state index in [9.17, 15) is 35.9 Å². The fourth-order valence-corrected chi connectivity index (χ4v) is 4.86. The molecule has 1 unspecified atom stereocenters. The van der Waals surface area contributed by atoms with Crippen LogP contribution in [0.3, 0.4) is 0 Å². The van der Waals surface area contributed by atoms with Crippen molar-refractivity contribution in [3.05, 3.63) is 70.9 Å². The lowest BCUT2D eigenvalue weighted by Gasteiger charge is -2.41. The third-order valence-corrected chi connectivity index (χ3v) is 6.79. The molecule has 2 N–H and O–H groups in total. The molecule has 224 valence electrons. The predicted molar refractivity (Wildman–Crippen MR) is 142 cm³/mol. The van der Waals surface area contributed by atoms with E-state index in [2.05, 4.69) is 10.3 Å². The Labute approximate surface area is 238 Å². The number of H-pyrrole nitrogens is 1. The minimum absolute atomic E-state index is 0. The van der Waals surface area contributed by atoms with Gasteiger partial charge in [0.1, 0.15) is 0 Å². The first-order valence-electron chi connectivity index (χ1n) is 12.5. The smallest absolute Gasteiger partial charge is 0.383 e. The minimum Gasteiger partial charge on any atom is -0.383 e. The van der Waals surface area contributed by atoms with E-state index in [-0.39, 0.29) is 57.0 Å². The molecule has 2 heterocycles. The average Bonchev–Trinajstić information content (AvgIpc) is 3.30. The summed E-state index contributed by atoms with van der Waals surface area (Å²) in [5.41, 5.74) is -2.13. The number of hydrogen-bond donors (Lipinski definition) is 2. The van der Waals surface area contributed by atoms with Crippen molar-refractivity contribution in [1.29, 1.82) is 0 Å². The Morgan fingerprint density at radius 2 is 1.68 bits per heavy atom. The number of ether oxygens (including phenoxy) is 1. The molecule has 0 saturated carbocycles. The zero-order valence-electron chi connectivity index (χ0n) is 21.9. The summed E-state index contributed by atoms with van der Waals surface area (Å²) in [6.45, 7) is 1.05. The molecule has 1 atom stereocenters. The lowest BCUT2D eigenvalue weighted by atomic mass is 9.98. The van der Waals surface area contributed by atoms with Crippen molar-refractivity contribution in [2.45, 2.75) is 24.8 Å². The second-order valence-electron chi connectivity index (χ2n) is 9.59. The highest BCUT2D eigenvalue weighted by molar-refractivity contribution is 5.95. The first-order valence-corrected chi connectivity index (χ1v) is 12.5. The van der Waals surface area contributed by atoms with Gasteiger partial charge in [-0.1, -0.05) is 18.2 Å². The molecular weight excluding hydrogens is 578 g/mol. The summed E-state index contributed by atoms with van der Waals surface area (Å²) in [6, 6.07) is 7.69. The van der Waals surface area contributed by atoms with E-state index in [1.54, 1.807) is 11.1 Å². The maximum absolute atomic E-state index is 13.5. The van der Waals surface area contributed by atoms with Gasteiger partial charge in [0, 0.05) is 62.0 Å². The number of hydrogen-bond acceptors (Lipinski definition) is 4. The highest BCUT2D eigenvalue weighted by Crippen LogP contribution is 2.37. The maximum atomic E-state index is 13.5. The molecule has 1 fully saturated rings. The number of amides is 2. The van der Waals surface area contributed by atoms with E-state index in [4.69, 9.17) is 4.74 Å². The van der Waals surface area contributed by atoms with Gasteiger partial charge in [0.2, 0.25) is 5.91 Å². The van der Waals surface area contributed by atoms with E-state index >= 15 is 0 Å². The van der Waals surface area contributed by atoms with E-state index in [1.807, 2.05) is 24.3 Å². The summed E-state index contributed by atoms with van der Waals surface area (Å²) in [7, 11) is 1.50. The monoisotopic (exact) mass is 606 g/mol. The number of alkyl halides is 6. The lowest BCUT2D eigenvalue weighted by molar-refractivity contribution is -0.143. The van der Waals surface area contributed by atoms with Crippen LogP contribution in [0.25, 0.3) is 10.9 Å². The van der Waals surface area contributed by atoms with Gasteiger partial charge in [-0.05, 0) is 36.2 Å². The summed E-state index contributed by atoms with van der Waals surface area (Å²) >= 11 is 0. The van der Waals surface area contributed by atoms with E-state index in [0.29, 0.717) is 25.3 Å². The van der Waals surface area contributed by atoms with Crippen LogP contribution in [0.1, 0.15) is 27.0 Å². The van der Waals surface area contributed by atoms with Gasteiger partial charge in [-0.3, -0.25) is 14.5 Å². The van der Waals surface area contributed by atoms with Crippen LogP contribution in [0.5, 0.6) is 0 Å². The number of methoxy groups -OCH3 is 1. The topological polar surface area (TPSA) is 77.7 Å². The number of rotatable bonds is 8.